The van der Waals surface area contributed by atoms with Gasteiger partial charge in [0.1, 0.15) is 5.69 Å². The maximum atomic E-state index is 5.07. The van der Waals surface area contributed by atoms with Crippen molar-refractivity contribution in [1.29, 1.82) is 0 Å². The van der Waals surface area contributed by atoms with Crippen molar-refractivity contribution in [2.75, 3.05) is 5.75 Å². The quantitative estimate of drug-likeness (QED) is 0.300. The Kier molecular flexibility index (Phi) is 4.79. The van der Waals surface area contributed by atoms with Gasteiger partial charge in [0.25, 0.3) is 0 Å². The first-order valence-corrected chi connectivity index (χ1v) is 11.2. The van der Waals surface area contributed by atoms with Crippen LogP contribution >= 0.6 is 27.7 Å². The fourth-order valence-electron chi connectivity index (χ4n) is 3.63. The third-order valence-corrected chi connectivity index (χ3v) is 7.21. The molecule has 0 saturated carbocycles. The first kappa shape index (κ1) is 17.7. The van der Waals surface area contributed by atoms with Crippen molar-refractivity contribution in [2.45, 2.75) is 16.0 Å². The van der Waals surface area contributed by atoms with E-state index in [4.69, 9.17) is 5.10 Å². The summed E-state index contributed by atoms with van der Waals surface area (Å²) in [5.41, 5.74) is 3.59. The molecule has 0 bridgehead atoms. The van der Waals surface area contributed by atoms with Crippen LogP contribution in [0, 0.1) is 0 Å². The summed E-state index contributed by atoms with van der Waals surface area (Å²) in [6, 6.07) is 31.6. The number of hydrogen-bond donors (Lipinski definition) is 0. The second kappa shape index (κ2) is 7.57. The van der Waals surface area contributed by atoms with Crippen LogP contribution in [-0.4, -0.2) is 15.5 Å². The Morgan fingerprint density at radius 3 is 2.14 bits per heavy atom. The van der Waals surface area contributed by atoms with Crippen LogP contribution in [0.5, 0.6) is 0 Å². The molecule has 0 unspecified atom stereocenters. The number of aromatic nitrogens is 3. The zero-order chi connectivity index (χ0) is 18.9. The number of fused-ring (bicyclic) bond motifs is 1. The third-order valence-electron chi connectivity index (χ3n) is 5.03. The van der Waals surface area contributed by atoms with E-state index in [-0.39, 0.29) is 4.95 Å². The molecule has 2 heterocycles. The molecule has 2 atom stereocenters. The molecule has 0 radical (unpaired) electrons. The lowest BCUT2D eigenvalue weighted by atomic mass is 10.0. The molecule has 0 spiro atoms. The normalized spacial score (nSPS) is 18.6. The Balaban J connectivity index is 1.67. The average Bonchev–Trinajstić information content (AvgIpc) is 3.16. The standard InChI is InChI=1S/C23H19BrN3S/c24-21-20(17-10-4-1-5-11-17)16-28-23-26(19-14-8-3-9-15-19)22(25-27(21)23)18-12-6-2-7-13-18/h1-15,20-21H,16H2/q+1/t20-,21+/m0/s1. The highest BCUT2D eigenvalue weighted by molar-refractivity contribution is 9.09. The number of nitrogens with zero attached hydrogens (tertiary/aromatic N) is 3. The minimum atomic E-state index is 0.110. The summed E-state index contributed by atoms with van der Waals surface area (Å²) < 4.78 is 4.41. The molecule has 0 amide bonds. The minimum Gasteiger partial charge on any atom is -0.184 e. The van der Waals surface area contributed by atoms with Crippen molar-refractivity contribution < 1.29 is 4.57 Å². The number of rotatable bonds is 3. The molecule has 1 aliphatic heterocycles. The van der Waals surface area contributed by atoms with E-state index in [1.807, 2.05) is 23.9 Å². The van der Waals surface area contributed by atoms with E-state index in [9.17, 15) is 0 Å². The Morgan fingerprint density at radius 2 is 1.46 bits per heavy atom. The van der Waals surface area contributed by atoms with Crippen molar-refractivity contribution in [3.8, 4) is 17.1 Å². The maximum absolute atomic E-state index is 5.07. The molecule has 138 valence electrons. The highest BCUT2D eigenvalue weighted by Gasteiger charge is 2.40. The van der Waals surface area contributed by atoms with Crippen LogP contribution in [-0.2, 0) is 0 Å². The van der Waals surface area contributed by atoms with E-state index in [1.54, 1.807) is 0 Å². The molecule has 1 aromatic heterocycles. The molecule has 5 heteroatoms. The van der Waals surface area contributed by atoms with Gasteiger partial charge in [-0.3, -0.25) is 0 Å². The van der Waals surface area contributed by atoms with Gasteiger partial charge in [-0.1, -0.05) is 83.2 Å². The second-order valence-corrected chi connectivity index (χ2v) is 8.71. The van der Waals surface area contributed by atoms with Gasteiger partial charge in [0.2, 0.25) is 0 Å². The zero-order valence-corrected chi connectivity index (χ0v) is 17.6. The van der Waals surface area contributed by atoms with Crippen molar-refractivity contribution in [3.05, 3.63) is 96.6 Å². The van der Waals surface area contributed by atoms with Gasteiger partial charge in [0, 0.05) is 16.8 Å². The molecule has 1 aliphatic rings. The number of halogens is 1. The largest absolute Gasteiger partial charge is 0.314 e. The summed E-state index contributed by atoms with van der Waals surface area (Å²) in [5.74, 6) is 2.34. The Hall–Kier alpha value is -2.37. The van der Waals surface area contributed by atoms with Crippen LogP contribution in [0.15, 0.2) is 96.2 Å². The lowest BCUT2D eigenvalue weighted by Crippen LogP contribution is -2.36. The van der Waals surface area contributed by atoms with Crippen molar-refractivity contribution in [1.82, 2.24) is 9.78 Å². The number of thioether (sulfide) groups is 1. The van der Waals surface area contributed by atoms with E-state index in [2.05, 4.69) is 104 Å². The smallest absolute Gasteiger partial charge is 0.184 e. The SMILES string of the molecule is Br[C@H]1[C@H](c2ccccc2)CSc2n1nc(-c1ccccc1)[n+]2-c1ccccc1. The molecule has 3 aromatic carbocycles. The van der Waals surface area contributed by atoms with Gasteiger partial charge in [-0.25, -0.2) is 0 Å². The van der Waals surface area contributed by atoms with E-state index >= 15 is 0 Å². The molecule has 0 saturated heterocycles. The van der Waals surface area contributed by atoms with E-state index < -0.39 is 0 Å². The number of alkyl halides is 1. The molecule has 28 heavy (non-hydrogen) atoms. The first-order valence-electron chi connectivity index (χ1n) is 9.30. The average molecular weight is 449 g/mol. The molecule has 0 fully saturated rings. The lowest BCUT2D eigenvalue weighted by molar-refractivity contribution is -0.627. The number of hydrogen-bond acceptors (Lipinski definition) is 2. The maximum Gasteiger partial charge on any atom is 0.314 e. The molecule has 4 aromatic rings. The molecule has 0 N–H and O–H groups in total. The first-order chi connectivity index (χ1) is 13.8. The summed E-state index contributed by atoms with van der Waals surface area (Å²) in [6.45, 7) is 0. The fraction of sp³-hybridized carbons (Fsp3) is 0.130. The topological polar surface area (TPSA) is 21.7 Å². The molecule has 3 nitrogen and oxygen atoms in total. The molecule has 0 aliphatic carbocycles. The lowest BCUT2D eigenvalue weighted by Gasteiger charge is -2.24. The van der Waals surface area contributed by atoms with Crippen molar-refractivity contribution in [2.24, 2.45) is 0 Å². The zero-order valence-electron chi connectivity index (χ0n) is 15.1. The number of benzene rings is 3. The van der Waals surface area contributed by atoms with E-state index in [0.717, 1.165) is 28.0 Å². The van der Waals surface area contributed by atoms with Crippen molar-refractivity contribution in [3.63, 3.8) is 0 Å². The Morgan fingerprint density at radius 1 is 0.857 bits per heavy atom. The van der Waals surface area contributed by atoms with Gasteiger partial charge in [-0.05, 0) is 45.8 Å². The van der Waals surface area contributed by atoms with Gasteiger partial charge in [0.05, 0.1) is 5.56 Å². The monoisotopic (exact) mass is 448 g/mol. The number of para-hydroxylation sites is 1. The summed E-state index contributed by atoms with van der Waals surface area (Å²) >= 11 is 5.82. The second-order valence-electron chi connectivity index (χ2n) is 6.79. The van der Waals surface area contributed by atoms with Gasteiger partial charge in [-0.15, -0.1) is 0 Å². The van der Waals surface area contributed by atoms with Crippen LogP contribution in [0.4, 0.5) is 0 Å². The highest BCUT2D eigenvalue weighted by Crippen LogP contribution is 2.43. The fourth-order valence-corrected chi connectivity index (χ4v) is 6.10. The van der Waals surface area contributed by atoms with Gasteiger partial charge in [-0.2, -0.15) is 4.57 Å². The minimum absolute atomic E-state index is 0.110. The van der Waals surface area contributed by atoms with Crippen LogP contribution in [0.2, 0.25) is 0 Å². The van der Waals surface area contributed by atoms with Gasteiger partial charge in [0.15, 0.2) is 4.95 Å². The predicted molar refractivity (Wildman–Crippen MR) is 117 cm³/mol. The summed E-state index contributed by atoms with van der Waals surface area (Å²) in [6.07, 6.45) is 0. The molecular formula is C23H19BrN3S+. The van der Waals surface area contributed by atoms with E-state index in [0.29, 0.717) is 5.92 Å². The van der Waals surface area contributed by atoms with Gasteiger partial charge < -0.3 is 0 Å². The van der Waals surface area contributed by atoms with Crippen LogP contribution < -0.4 is 4.57 Å². The third kappa shape index (κ3) is 3.09. The van der Waals surface area contributed by atoms with E-state index in [1.165, 1.54) is 5.56 Å². The van der Waals surface area contributed by atoms with Crippen LogP contribution in [0.3, 0.4) is 0 Å². The molecule has 5 rings (SSSR count). The van der Waals surface area contributed by atoms with Crippen LogP contribution in [0.1, 0.15) is 16.4 Å². The van der Waals surface area contributed by atoms with Crippen LogP contribution in [0.25, 0.3) is 17.1 Å². The Labute approximate surface area is 177 Å². The molecular weight excluding hydrogens is 430 g/mol. The highest BCUT2D eigenvalue weighted by atomic mass is 79.9. The predicted octanol–water partition coefficient (Wildman–Crippen LogP) is 5.61. The van der Waals surface area contributed by atoms with Crippen molar-refractivity contribution >= 4 is 27.7 Å². The Bertz CT molecular complexity index is 1080. The summed E-state index contributed by atoms with van der Waals surface area (Å²) in [5, 5.41) is 6.22. The summed E-state index contributed by atoms with van der Waals surface area (Å²) in [7, 11) is 0. The summed E-state index contributed by atoms with van der Waals surface area (Å²) in [4.78, 5) is 0.110. The van der Waals surface area contributed by atoms with Gasteiger partial charge >= 0.3 is 11.0 Å².